The predicted octanol–water partition coefficient (Wildman–Crippen LogP) is 4.13. The van der Waals surface area contributed by atoms with E-state index in [4.69, 9.17) is 9.47 Å². The number of anilines is 1. The van der Waals surface area contributed by atoms with E-state index in [1.165, 1.54) is 16.2 Å². The number of nitrogens with zero attached hydrogens (tertiary/aromatic N) is 2. The molecule has 0 aliphatic heterocycles. The zero-order valence-corrected chi connectivity index (χ0v) is 16.7. The fraction of sp³-hybridized carbons (Fsp3) is 0.300. The molecule has 0 saturated carbocycles. The second-order valence-corrected chi connectivity index (χ2v) is 7.19. The van der Waals surface area contributed by atoms with Crippen LogP contribution >= 0.6 is 11.3 Å². The summed E-state index contributed by atoms with van der Waals surface area (Å²) in [5.74, 6) is 1.83. The van der Waals surface area contributed by atoms with Crippen LogP contribution in [0.2, 0.25) is 0 Å². The van der Waals surface area contributed by atoms with Gasteiger partial charge in [0.1, 0.15) is 5.82 Å². The number of benzene rings is 1. The van der Waals surface area contributed by atoms with Gasteiger partial charge in [-0.15, -0.1) is 11.3 Å². The van der Waals surface area contributed by atoms with Crippen LogP contribution < -0.4 is 14.8 Å². The van der Waals surface area contributed by atoms with E-state index in [2.05, 4.69) is 17.3 Å². The Bertz CT molecular complexity index is 946. The van der Waals surface area contributed by atoms with E-state index in [0.717, 1.165) is 17.5 Å². The largest absolute Gasteiger partial charge is 0.493 e. The smallest absolute Gasteiger partial charge is 0.266 e. The van der Waals surface area contributed by atoms with Crippen molar-refractivity contribution in [3.8, 4) is 11.5 Å². The quantitative estimate of drug-likeness (QED) is 0.664. The van der Waals surface area contributed by atoms with E-state index in [1.807, 2.05) is 31.2 Å². The topological polar surface area (TPSA) is 65.4 Å². The van der Waals surface area contributed by atoms with Crippen LogP contribution in [0.25, 0.3) is 0 Å². The third kappa shape index (κ3) is 3.98. The van der Waals surface area contributed by atoms with Crippen LogP contribution in [0.3, 0.4) is 0 Å². The normalized spacial score (nSPS) is 10.7. The standard InChI is InChI=1S/C20H23N3O3S/c1-5-16-13(2)11-17(27-16)20(24)22-18-9-10-21-23(18)12-14-7-6-8-15(25-3)19(14)26-4/h6-11H,5,12H2,1-4H3,(H,22,24). The van der Waals surface area contributed by atoms with Crippen LogP contribution in [0.15, 0.2) is 36.5 Å². The Morgan fingerprint density at radius 3 is 2.74 bits per heavy atom. The van der Waals surface area contributed by atoms with Crippen molar-refractivity contribution in [1.29, 1.82) is 0 Å². The van der Waals surface area contributed by atoms with Crippen LogP contribution in [0, 0.1) is 6.92 Å². The third-order valence-electron chi connectivity index (χ3n) is 4.33. The molecule has 3 aromatic rings. The molecule has 0 atom stereocenters. The average molecular weight is 385 g/mol. The molecule has 0 aliphatic rings. The van der Waals surface area contributed by atoms with E-state index >= 15 is 0 Å². The number of aromatic nitrogens is 2. The second-order valence-electron chi connectivity index (χ2n) is 6.05. The molecular weight excluding hydrogens is 362 g/mol. The fourth-order valence-electron chi connectivity index (χ4n) is 2.97. The lowest BCUT2D eigenvalue weighted by Gasteiger charge is -2.14. The van der Waals surface area contributed by atoms with Gasteiger partial charge in [0.25, 0.3) is 5.91 Å². The minimum Gasteiger partial charge on any atom is -0.493 e. The van der Waals surface area contributed by atoms with Gasteiger partial charge in [0, 0.05) is 16.5 Å². The molecule has 0 aliphatic carbocycles. The monoisotopic (exact) mass is 385 g/mol. The summed E-state index contributed by atoms with van der Waals surface area (Å²) in [7, 11) is 3.21. The Morgan fingerprint density at radius 2 is 2.07 bits per heavy atom. The van der Waals surface area contributed by atoms with E-state index in [9.17, 15) is 4.79 Å². The van der Waals surface area contributed by atoms with Gasteiger partial charge in [-0.1, -0.05) is 19.1 Å². The number of amides is 1. The molecule has 2 heterocycles. The first kappa shape index (κ1) is 19.0. The first-order valence-electron chi connectivity index (χ1n) is 8.69. The zero-order chi connectivity index (χ0) is 19.4. The summed E-state index contributed by atoms with van der Waals surface area (Å²) in [4.78, 5) is 14.6. The number of hydrogen-bond donors (Lipinski definition) is 1. The van der Waals surface area contributed by atoms with Crippen molar-refractivity contribution in [1.82, 2.24) is 9.78 Å². The Morgan fingerprint density at radius 1 is 1.26 bits per heavy atom. The minimum absolute atomic E-state index is 0.123. The highest BCUT2D eigenvalue weighted by atomic mass is 32.1. The SMILES string of the molecule is CCc1sc(C(=O)Nc2ccnn2Cc2cccc(OC)c2OC)cc1C. The maximum absolute atomic E-state index is 12.6. The lowest BCUT2D eigenvalue weighted by Crippen LogP contribution is -2.15. The van der Waals surface area contributed by atoms with Gasteiger partial charge in [-0.25, -0.2) is 4.68 Å². The van der Waals surface area contributed by atoms with Crippen molar-refractivity contribution in [2.75, 3.05) is 19.5 Å². The molecule has 0 unspecified atom stereocenters. The molecule has 0 fully saturated rings. The molecular formula is C20H23N3O3S. The van der Waals surface area contributed by atoms with Gasteiger partial charge in [-0.3, -0.25) is 4.79 Å². The second kappa shape index (κ2) is 8.26. The molecule has 0 saturated heterocycles. The number of carbonyl (C=O) groups excluding carboxylic acids is 1. The molecule has 0 radical (unpaired) electrons. The first-order valence-corrected chi connectivity index (χ1v) is 9.51. The van der Waals surface area contributed by atoms with Gasteiger partial charge in [-0.2, -0.15) is 5.10 Å². The zero-order valence-electron chi connectivity index (χ0n) is 15.9. The number of nitrogens with one attached hydrogen (secondary N) is 1. The lowest BCUT2D eigenvalue weighted by atomic mass is 10.2. The average Bonchev–Trinajstić information content (AvgIpc) is 3.27. The first-order chi connectivity index (χ1) is 13.1. The molecule has 1 aromatic carbocycles. The summed E-state index contributed by atoms with van der Waals surface area (Å²) in [6.45, 7) is 4.58. The van der Waals surface area contributed by atoms with Gasteiger partial charge in [-0.05, 0) is 31.0 Å². The third-order valence-corrected chi connectivity index (χ3v) is 5.71. The van der Waals surface area contributed by atoms with Crippen LogP contribution in [0.5, 0.6) is 11.5 Å². The van der Waals surface area contributed by atoms with Crippen molar-refractivity contribution in [2.24, 2.45) is 0 Å². The molecule has 1 N–H and O–H groups in total. The Labute approximate surface area is 162 Å². The molecule has 2 aromatic heterocycles. The minimum atomic E-state index is -0.123. The van der Waals surface area contributed by atoms with Crippen molar-refractivity contribution in [2.45, 2.75) is 26.8 Å². The van der Waals surface area contributed by atoms with Gasteiger partial charge in [0.15, 0.2) is 11.5 Å². The number of methoxy groups -OCH3 is 2. The van der Waals surface area contributed by atoms with E-state index in [-0.39, 0.29) is 5.91 Å². The predicted molar refractivity (Wildman–Crippen MR) is 107 cm³/mol. The Balaban J connectivity index is 1.81. The summed E-state index contributed by atoms with van der Waals surface area (Å²) < 4.78 is 12.6. The summed E-state index contributed by atoms with van der Waals surface area (Å²) in [6, 6.07) is 9.42. The highest BCUT2D eigenvalue weighted by Crippen LogP contribution is 2.31. The number of carbonyl (C=O) groups is 1. The van der Waals surface area contributed by atoms with Crippen LogP contribution in [-0.4, -0.2) is 29.9 Å². The maximum Gasteiger partial charge on any atom is 0.266 e. The molecule has 0 spiro atoms. The van der Waals surface area contributed by atoms with E-state index in [1.54, 1.807) is 31.2 Å². The highest BCUT2D eigenvalue weighted by Gasteiger charge is 2.16. The van der Waals surface area contributed by atoms with Gasteiger partial charge >= 0.3 is 0 Å². The van der Waals surface area contributed by atoms with Gasteiger partial charge in [0.2, 0.25) is 0 Å². The van der Waals surface area contributed by atoms with Gasteiger partial charge in [0.05, 0.1) is 31.8 Å². The lowest BCUT2D eigenvalue weighted by molar-refractivity contribution is 0.102. The fourth-order valence-corrected chi connectivity index (χ4v) is 3.97. The number of ether oxygens (including phenoxy) is 2. The summed E-state index contributed by atoms with van der Waals surface area (Å²) >= 11 is 1.53. The van der Waals surface area contributed by atoms with Crippen LogP contribution in [-0.2, 0) is 13.0 Å². The molecule has 3 rings (SSSR count). The van der Waals surface area contributed by atoms with Crippen LogP contribution in [0.4, 0.5) is 5.82 Å². The van der Waals surface area contributed by atoms with E-state index in [0.29, 0.717) is 28.7 Å². The van der Waals surface area contributed by atoms with Crippen molar-refractivity contribution in [3.05, 3.63) is 57.4 Å². The van der Waals surface area contributed by atoms with Gasteiger partial charge < -0.3 is 14.8 Å². The summed E-state index contributed by atoms with van der Waals surface area (Å²) in [6.07, 6.45) is 2.59. The van der Waals surface area contributed by atoms with E-state index < -0.39 is 0 Å². The Kier molecular flexibility index (Phi) is 5.81. The van der Waals surface area contributed by atoms with Crippen molar-refractivity contribution < 1.29 is 14.3 Å². The highest BCUT2D eigenvalue weighted by molar-refractivity contribution is 7.14. The molecule has 7 heteroatoms. The number of para-hydroxylation sites is 1. The summed E-state index contributed by atoms with van der Waals surface area (Å²) in [5, 5.41) is 7.29. The molecule has 0 bridgehead atoms. The van der Waals surface area contributed by atoms with Crippen LogP contribution in [0.1, 0.15) is 32.6 Å². The number of thiophene rings is 1. The molecule has 6 nitrogen and oxygen atoms in total. The molecule has 1 amide bonds. The van der Waals surface area contributed by atoms with Crippen molar-refractivity contribution in [3.63, 3.8) is 0 Å². The molecule has 27 heavy (non-hydrogen) atoms. The Hall–Kier alpha value is -2.80. The number of aryl methyl sites for hydroxylation is 2. The van der Waals surface area contributed by atoms with Crippen molar-refractivity contribution >= 4 is 23.1 Å². The maximum atomic E-state index is 12.6. The molecule has 142 valence electrons. The number of rotatable bonds is 7. The summed E-state index contributed by atoms with van der Waals surface area (Å²) in [5.41, 5.74) is 2.07. The number of hydrogen-bond acceptors (Lipinski definition) is 5.